The van der Waals surface area contributed by atoms with Crippen molar-refractivity contribution in [3.8, 4) is 0 Å². The molecule has 2 rings (SSSR count). The van der Waals surface area contributed by atoms with Crippen LogP contribution >= 0.6 is 11.8 Å². The molecule has 0 atom stereocenters. The number of thioether (sulfide) groups is 1. The highest BCUT2D eigenvalue weighted by Crippen LogP contribution is 2.32. The Bertz CT molecular complexity index is 337. The molecule has 1 aliphatic heterocycles. The fourth-order valence-corrected chi connectivity index (χ4v) is 2.88. The predicted octanol–water partition coefficient (Wildman–Crippen LogP) is 3.73. The van der Waals surface area contributed by atoms with Gasteiger partial charge in [0.15, 0.2) is 0 Å². The van der Waals surface area contributed by atoms with Crippen molar-refractivity contribution in [3.05, 3.63) is 23.8 Å². The van der Waals surface area contributed by atoms with Crippen molar-refractivity contribution < 1.29 is 0 Å². The third-order valence-electron chi connectivity index (χ3n) is 2.85. The smallest absolute Gasteiger partial charge is 0.0410 e. The maximum absolute atomic E-state index is 2.52. The third-order valence-corrected chi connectivity index (χ3v) is 3.73. The molecule has 0 spiro atoms. The quantitative estimate of drug-likeness (QED) is 0.812. The van der Waals surface area contributed by atoms with Crippen molar-refractivity contribution in [2.24, 2.45) is 0 Å². The summed E-state index contributed by atoms with van der Waals surface area (Å²) in [5, 5.41) is 0. The van der Waals surface area contributed by atoms with E-state index >= 15 is 0 Å². The van der Waals surface area contributed by atoms with Gasteiger partial charge in [-0.05, 0) is 36.3 Å². The number of rotatable bonds is 4. The van der Waals surface area contributed by atoms with Crippen LogP contribution in [-0.2, 0) is 6.42 Å². The Morgan fingerprint density at radius 3 is 2.81 bits per heavy atom. The van der Waals surface area contributed by atoms with E-state index in [2.05, 4.69) is 36.9 Å². The second kappa shape index (κ2) is 6.16. The van der Waals surface area contributed by atoms with E-state index in [4.69, 9.17) is 0 Å². The molecule has 0 radical (unpaired) electrons. The molecule has 1 heterocycles. The Hall–Kier alpha value is -0.670. The molecular formula is C13H22N2S. The Morgan fingerprint density at radius 1 is 1.31 bits per heavy atom. The average molecular weight is 238 g/mol. The molecular weight excluding hydrogens is 216 g/mol. The molecule has 3 N–H and O–H groups in total. The van der Waals surface area contributed by atoms with E-state index in [-0.39, 0.29) is 6.15 Å². The third kappa shape index (κ3) is 2.71. The fourth-order valence-electron chi connectivity index (χ4n) is 2.18. The monoisotopic (exact) mass is 238 g/mol. The van der Waals surface area contributed by atoms with Crippen LogP contribution in [-0.4, -0.2) is 18.8 Å². The molecule has 0 bridgehead atoms. The number of fused-ring (bicyclic) bond motifs is 1. The molecule has 0 amide bonds. The second-order valence-electron chi connectivity index (χ2n) is 3.96. The molecule has 0 fully saturated rings. The molecule has 0 aliphatic carbocycles. The zero-order valence-electron chi connectivity index (χ0n) is 10.3. The van der Waals surface area contributed by atoms with Crippen molar-refractivity contribution >= 4 is 17.4 Å². The highest BCUT2D eigenvalue weighted by molar-refractivity contribution is 7.99. The normalized spacial score (nSPS) is 13.5. The molecule has 0 unspecified atom stereocenters. The predicted molar refractivity (Wildman–Crippen MR) is 74.1 cm³/mol. The van der Waals surface area contributed by atoms with Gasteiger partial charge in [-0.2, -0.15) is 0 Å². The van der Waals surface area contributed by atoms with Crippen molar-refractivity contribution in [1.29, 1.82) is 0 Å². The zero-order chi connectivity index (χ0) is 10.7. The van der Waals surface area contributed by atoms with Gasteiger partial charge in [0.05, 0.1) is 0 Å². The van der Waals surface area contributed by atoms with Crippen LogP contribution in [0.25, 0.3) is 0 Å². The van der Waals surface area contributed by atoms with Crippen LogP contribution in [0.15, 0.2) is 23.1 Å². The molecule has 2 nitrogen and oxygen atoms in total. The lowest BCUT2D eigenvalue weighted by molar-refractivity contribution is 0.796. The summed E-state index contributed by atoms with van der Waals surface area (Å²) in [7, 11) is 0. The lowest BCUT2D eigenvalue weighted by Gasteiger charge is -2.18. The molecule has 1 aliphatic rings. The highest BCUT2D eigenvalue weighted by Gasteiger charge is 2.18. The standard InChI is InChI=1S/C13H19NS.H3N/c1-3-8-14-9-7-11-5-6-12(15-4-2)10-13(11)14;/h5-6,10H,3-4,7-9H2,1-2H3;1H3. The second-order valence-corrected chi connectivity index (χ2v) is 5.30. The van der Waals surface area contributed by atoms with Gasteiger partial charge in [0.2, 0.25) is 0 Å². The lowest BCUT2D eigenvalue weighted by Crippen LogP contribution is -2.20. The van der Waals surface area contributed by atoms with Crippen LogP contribution in [0.1, 0.15) is 25.8 Å². The first-order valence-corrected chi connectivity index (χ1v) is 6.84. The summed E-state index contributed by atoms with van der Waals surface area (Å²) in [5.74, 6) is 1.16. The summed E-state index contributed by atoms with van der Waals surface area (Å²) in [6, 6.07) is 6.94. The minimum absolute atomic E-state index is 0. The first kappa shape index (κ1) is 13.4. The van der Waals surface area contributed by atoms with Gasteiger partial charge in [-0.3, -0.25) is 0 Å². The fraction of sp³-hybridized carbons (Fsp3) is 0.538. The summed E-state index contributed by atoms with van der Waals surface area (Å²) in [6.07, 6.45) is 2.47. The topological polar surface area (TPSA) is 38.2 Å². The number of hydrogen-bond donors (Lipinski definition) is 1. The summed E-state index contributed by atoms with van der Waals surface area (Å²) in [5.41, 5.74) is 3.01. The van der Waals surface area contributed by atoms with E-state index in [1.54, 1.807) is 0 Å². The minimum Gasteiger partial charge on any atom is -0.371 e. The number of anilines is 1. The van der Waals surface area contributed by atoms with E-state index < -0.39 is 0 Å². The Labute approximate surface area is 103 Å². The van der Waals surface area contributed by atoms with Gasteiger partial charge in [0.25, 0.3) is 0 Å². The first-order valence-electron chi connectivity index (χ1n) is 5.85. The van der Waals surface area contributed by atoms with Crippen molar-refractivity contribution in [2.75, 3.05) is 23.7 Å². The molecule has 16 heavy (non-hydrogen) atoms. The van der Waals surface area contributed by atoms with E-state index in [1.807, 2.05) is 11.8 Å². The average Bonchev–Trinajstić information content (AvgIpc) is 2.63. The Kier molecular flexibility index (Phi) is 5.16. The molecule has 0 saturated carbocycles. The van der Waals surface area contributed by atoms with E-state index in [1.165, 1.54) is 42.1 Å². The molecule has 90 valence electrons. The minimum atomic E-state index is 0. The zero-order valence-corrected chi connectivity index (χ0v) is 11.1. The van der Waals surface area contributed by atoms with Crippen LogP contribution in [0.5, 0.6) is 0 Å². The Morgan fingerprint density at radius 2 is 2.12 bits per heavy atom. The van der Waals surface area contributed by atoms with Crippen LogP contribution < -0.4 is 11.1 Å². The molecule has 0 aromatic heterocycles. The van der Waals surface area contributed by atoms with Gasteiger partial charge in [-0.1, -0.05) is 19.9 Å². The number of nitrogens with zero attached hydrogens (tertiary/aromatic N) is 1. The SMILES string of the molecule is CCCN1CCc2ccc(SCC)cc21.N. The van der Waals surface area contributed by atoms with Crippen molar-refractivity contribution in [3.63, 3.8) is 0 Å². The van der Waals surface area contributed by atoms with Crippen molar-refractivity contribution in [1.82, 2.24) is 6.15 Å². The van der Waals surface area contributed by atoms with Gasteiger partial charge in [0, 0.05) is 23.7 Å². The highest BCUT2D eigenvalue weighted by atomic mass is 32.2. The van der Waals surface area contributed by atoms with Crippen LogP contribution in [0.4, 0.5) is 5.69 Å². The van der Waals surface area contributed by atoms with Gasteiger partial charge >= 0.3 is 0 Å². The summed E-state index contributed by atoms with van der Waals surface area (Å²) < 4.78 is 0. The molecule has 3 heteroatoms. The molecule has 1 aromatic carbocycles. The lowest BCUT2D eigenvalue weighted by atomic mass is 10.2. The largest absolute Gasteiger partial charge is 0.371 e. The van der Waals surface area contributed by atoms with Gasteiger partial charge < -0.3 is 11.1 Å². The summed E-state index contributed by atoms with van der Waals surface area (Å²) in [4.78, 5) is 3.94. The maximum Gasteiger partial charge on any atom is 0.0410 e. The van der Waals surface area contributed by atoms with E-state index in [0.717, 1.165) is 5.75 Å². The maximum atomic E-state index is 2.52. The van der Waals surface area contributed by atoms with Gasteiger partial charge in [0.1, 0.15) is 0 Å². The van der Waals surface area contributed by atoms with E-state index in [9.17, 15) is 0 Å². The van der Waals surface area contributed by atoms with Crippen LogP contribution in [0.3, 0.4) is 0 Å². The molecule has 1 aromatic rings. The number of benzene rings is 1. The summed E-state index contributed by atoms with van der Waals surface area (Å²) >= 11 is 1.93. The Balaban J connectivity index is 0.00000128. The summed E-state index contributed by atoms with van der Waals surface area (Å²) in [6.45, 7) is 6.88. The van der Waals surface area contributed by atoms with Gasteiger partial charge in [-0.15, -0.1) is 11.8 Å². The first-order chi connectivity index (χ1) is 7.35. The van der Waals surface area contributed by atoms with Crippen LogP contribution in [0, 0.1) is 0 Å². The number of hydrogen-bond acceptors (Lipinski definition) is 3. The van der Waals surface area contributed by atoms with Gasteiger partial charge in [-0.25, -0.2) is 0 Å². The van der Waals surface area contributed by atoms with Crippen LogP contribution in [0.2, 0.25) is 0 Å². The van der Waals surface area contributed by atoms with Crippen molar-refractivity contribution in [2.45, 2.75) is 31.6 Å². The van der Waals surface area contributed by atoms with E-state index in [0.29, 0.717) is 0 Å². The molecule has 0 saturated heterocycles.